The van der Waals surface area contributed by atoms with Crippen LogP contribution in [0.5, 0.6) is 0 Å². The molecule has 0 aliphatic rings. The summed E-state index contributed by atoms with van der Waals surface area (Å²) >= 11 is 0. The molecule has 0 bridgehead atoms. The number of anilines is 1. The maximum atomic E-state index is 13.9. The van der Waals surface area contributed by atoms with Gasteiger partial charge in [0.05, 0.1) is 24.1 Å². The Kier molecular flexibility index (Phi) is 4.14. The van der Waals surface area contributed by atoms with Crippen molar-refractivity contribution in [2.45, 2.75) is 11.5 Å². The molecule has 0 spiro atoms. The first-order valence-corrected chi connectivity index (χ1v) is 7.05. The molecule has 0 aliphatic heterocycles. The largest absolute Gasteiger partial charge is 0.391 e. The standard InChI is InChI=1S/C12H9F3N2O3S/c13-8-1-2-11(12(15)7(8)6-18)21(19,20)17-10-3-4-16-5-9(10)14/h1-5,18H,6H2,(H,16,17). The van der Waals surface area contributed by atoms with Gasteiger partial charge in [0.25, 0.3) is 10.0 Å². The summed E-state index contributed by atoms with van der Waals surface area (Å²) in [5.74, 6) is -3.46. The highest BCUT2D eigenvalue weighted by Crippen LogP contribution is 2.24. The maximum Gasteiger partial charge on any atom is 0.264 e. The molecule has 0 saturated heterocycles. The first-order valence-electron chi connectivity index (χ1n) is 5.57. The van der Waals surface area contributed by atoms with E-state index in [0.29, 0.717) is 12.1 Å². The molecule has 2 rings (SSSR count). The minimum atomic E-state index is -4.49. The lowest BCUT2D eigenvalue weighted by Crippen LogP contribution is -2.17. The number of aliphatic hydroxyl groups excluding tert-OH is 1. The zero-order valence-corrected chi connectivity index (χ0v) is 11.2. The van der Waals surface area contributed by atoms with Crippen LogP contribution >= 0.6 is 0 Å². The number of nitrogens with zero attached hydrogens (tertiary/aromatic N) is 1. The van der Waals surface area contributed by atoms with Crippen LogP contribution in [-0.2, 0) is 16.6 Å². The molecule has 9 heteroatoms. The lowest BCUT2D eigenvalue weighted by atomic mass is 10.2. The van der Waals surface area contributed by atoms with Crippen molar-refractivity contribution in [1.29, 1.82) is 0 Å². The monoisotopic (exact) mass is 318 g/mol. The van der Waals surface area contributed by atoms with E-state index in [0.717, 1.165) is 18.5 Å². The summed E-state index contributed by atoms with van der Waals surface area (Å²) in [5.41, 5.74) is -1.22. The SMILES string of the molecule is O=S(=O)(Nc1ccncc1F)c1ccc(F)c(CO)c1F. The van der Waals surface area contributed by atoms with Gasteiger partial charge in [-0.3, -0.25) is 9.71 Å². The van der Waals surface area contributed by atoms with Gasteiger partial charge >= 0.3 is 0 Å². The molecule has 0 radical (unpaired) electrons. The Balaban J connectivity index is 2.48. The Morgan fingerprint density at radius 3 is 2.48 bits per heavy atom. The fraction of sp³-hybridized carbons (Fsp3) is 0.0833. The van der Waals surface area contributed by atoms with E-state index in [1.807, 2.05) is 4.72 Å². The number of sulfonamides is 1. The number of halogens is 3. The van der Waals surface area contributed by atoms with E-state index in [1.165, 1.54) is 0 Å². The third-order valence-electron chi connectivity index (χ3n) is 2.62. The van der Waals surface area contributed by atoms with E-state index in [4.69, 9.17) is 5.11 Å². The summed E-state index contributed by atoms with van der Waals surface area (Å²) in [7, 11) is -4.49. The first kappa shape index (κ1) is 15.3. The van der Waals surface area contributed by atoms with Gasteiger partial charge in [0.1, 0.15) is 10.7 Å². The average molecular weight is 318 g/mol. The van der Waals surface area contributed by atoms with Crippen molar-refractivity contribution < 1.29 is 26.7 Å². The Morgan fingerprint density at radius 1 is 1.14 bits per heavy atom. The van der Waals surface area contributed by atoms with Crippen LogP contribution in [0.3, 0.4) is 0 Å². The van der Waals surface area contributed by atoms with Crippen molar-refractivity contribution in [3.8, 4) is 0 Å². The number of rotatable bonds is 4. The third kappa shape index (κ3) is 2.98. The number of aliphatic hydroxyl groups is 1. The number of nitrogens with one attached hydrogen (secondary N) is 1. The van der Waals surface area contributed by atoms with Crippen LogP contribution in [-0.4, -0.2) is 18.5 Å². The molecular weight excluding hydrogens is 309 g/mol. The highest BCUT2D eigenvalue weighted by molar-refractivity contribution is 7.92. The van der Waals surface area contributed by atoms with Gasteiger partial charge in [-0.25, -0.2) is 21.6 Å². The van der Waals surface area contributed by atoms with Crippen molar-refractivity contribution >= 4 is 15.7 Å². The minimum absolute atomic E-state index is 0.431. The highest BCUT2D eigenvalue weighted by atomic mass is 32.2. The quantitative estimate of drug-likeness (QED) is 0.901. The number of benzene rings is 1. The van der Waals surface area contributed by atoms with Crippen LogP contribution in [0.15, 0.2) is 35.5 Å². The van der Waals surface area contributed by atoms with Gasteiger partial charge in [-0.2, -0.15) is 0 Å². The average Bonchev–Trinajstić information content (AvgIpc) is 2.41. The summed E-state index contributed by atoms with van der Waals surface area (Å²) in [6.45, 7) is -1.01. The number of hydrogen-bond donors (Lipinski definition) is 2. The lowest BCUT2D eigenvalue weighted by molar-refractivity contribution is 0.267. The zero-order chi connectivity index (χ0) is 15.6. The van der Waals surface area contributed by atoms with Gasteiger partial charge in [0.2, 0.25) is 0 Å². The molecule has 21 heavy (non-hydrogen) atoms. The summed E-state index contributed by atoms with van der Waals surface area (Å²) in [4.78, 5) is 2.54. The number of aromatic nitrogens is 1. The van der Waals surface area contributed by atoms with Crippen molar-refractivity contribution in [3.63, 3.8) is 0 Å². The molecular formula is C12H9F3N2O3S. The first-order chi connectivity index (χ1) is 9.86. The molecule has 2 N–H and O–H groups in total. The third-order valence-corrected chi connectivity index (χ3v) is 4.00. The highest BCUT2D eigenvalue weighted by Gasteiger charge is 2.24. The Hall–Kier alpha value is -2.13. The van der Waals surface area contributed by atoms with E-state index in [9.17, 15) is 21.6 Å². The topological polar surface area (TPSA) is 79.3 Å². The van der Waals surface area contributed by atoms with Gasteiger partial charge in [-0.05, 0) is 18.2 Å². The number of pyridine rings is 1. The summed E-state index contributed by atoms with van der Waals surface area (Å²) < 4.78 is 66.3. The van der Waals surface area contributed by atoms with Gasteiger partial charge in [0.15, 0.2) is 11.6 Å². The van der Waals surface area contributed by atoms with Gasteiger partial charge in [-0.15, -0.1) is 0 Å². The van der Waals surface area contributed by atoms with Gasteiger partial charge in [0, 0.05) is 6.20 Å². The molecule has 112 valence electrons. The molecule has 1 aromatic heterocycles. The molecule has 5 nitrogen and oxygen atoms in total. The van der Waals surface area contributed by atoms with Gasteiger partial charge < -0.3 is 5.11 Å². The van der Waals surface area contributed by atoms with Crippen molar-refractivity contribution in [2.75, 3.05) is 4.72 Å². The van der Waals surface area contributed by atoms with Crippen LogP contribution < -0.4 is 4.72 Å². The van der Waals surface area contributed by atoms with E-state index in [2.05, 4.69) is 4.98 Å². The van der Waals surface area contributed by atoms with E-state index >= 15 is 0 Å². The second-order valence-electron chi connectivity index (χ2n) is 3.96. The molecule has 0 atom stereocenters. The molecule has 0 unspecified atom stereocenters. The predicted molar refractivity (Wildman–Crippen MR) is 67.3 cm³/mol. The maximum absolute atomic E-state index is 13.9. The molecule has 0 saturated carbocycles. The van der Waals surface area contributed by atoms with Gasteiger partial charge in [-0.1, -0.05) is 0 Å². The smallest absolute Gasteiger partial charge is 0.264 e. The van der Waals surface area contributed by atoms with Crippen LogP contribution in [0.2, 0.25) is 0 Å². The fourth-order valence-corrected chi connectivity index (χ4v) is 2.76. The predicted octanol–water partition coefficient (Wildman–Crippen LogP) is 1.79. The van der Waals surface area contributed by atoms with Crippen LogP contribution in [0.25, 0.3) is 0 Å². The molecule has 1 heterocycles. The molecule has 0 aliphatic carbocycles. The molecule has 1 aromatic carbocycles. The zero-order valence-electron chi connectivity index (χ0n) is 10.3. The molecule has 0 amide bonds. The second-order valence-corrected chi connectivity index (χ2v) is 5.61. The van der Waals surface area contributed by atoms with Crippen LogP contribution in [0.1, 0.15) is 5.56 Å². The minimum Gasteiger partial charge on any atom is -0.391 e. The normalized spacial score (nSPS) is 11.4. The van der Waals surface area contributed by atoms with E-state index < -0.39 is 50.2 Å². The molecule has 0 fully saturated rings. The number of hydrogen-bond acceptors (Lipinski definition) is 4. The van der Waals surface area contributed by atoms with E-state index in [-0.39, 0.29) is 0 Å². The Labute approximate surface area is 118 Å². The summed E-state index contributed by atoms with van der Waals surface area (Å²) in [6.07, 6.45) is 1.92. The van der Waals surface area contributed by atoms with Crippen LogP contribution in [0.4, 0.5) is 18.9 Å². The fourth-order valence-electron chi connectivity index (χ4n) is 1.59. The Morgan fingerprint density at radius 2 is 1.86 bits per heavy atom. The summed E-state index contributed by atoms with van der Waals surface area (Å²) in [6, 6.07) is 2.43. The van der Waals surface area contributed by atoms with E-state index in [1.54, 1.807) is 0 Å². The van der Waals surface area contributed by atoms with Crippen molar-refractivity contribution in [1.82, 2.24) is 4.98 Å². The lowest BCUT2D eigenvalue weighted by Gasteiger charge is -2.11. The summed E-state index contributed by atoms with van der Waals surface area (Å²) in [5, 5.41) is 8.86. The molecule has 2 aromatic rings. The second kappa shape index (κ2) is 5.70. The van der Waals surface area contributed by atoms with Crippen molar-refractivity contribution in [2.24, 2.45) is 0 Å². The van der Waals surface area contributed by atoms with Crippen LogP contribution in [0, 0.1) is 17.5 Å². The Bertz CT molecular complexity index is 781. The van der Waals surface area contributed by atoms with Crippen molar-refractivity contribution in [3.05, 3.63) is 53.6 Å².